The second-order valence-electron chi connectivity index (χ2n) is 3.53. The Labute approximate surface area is 122 Å². The first kappa shape index (κ1) is 11.9. The Hall–Kier alpha value is 0.806. The van der Waals surface area contributed by atoms with Crippen molar-refractivity contribution < 1.29 is 51.4 Å². The molecule has 13 heavy (non-hydrogen) atoms. The molecule has 0 atom stereocenters. The first-order chi connectivity index (χ1) is 5.77. The molecule has 0 saturated heterocycles. The minimum atomic E-state index is 0. The van der Waals surface area contributed by atoms with Gasteiger partial charge in [0.2, 0.25) is 0 Å². The largest absolute Gasteiger partial charge is 1.00 e. The molecule has 0 aromatic carbocycles. The molecule has 66 valence electrons. The van der Waals surface area contributed by atoms with E-state index in [2.05, 4.69) is 30.5 Å². The molecule has 0 unspecified atom stereocenters. The zero-order valence-corrected chi connectivity index (χ0v) is 11.7. The fraction of sp³-hybridized carbons (Fsp3) is 0.667. The number of nitrogens with zero attached hydrogens (tertiary/aromatic N) is 3. The molecule has 3 nitrogen and oxygen atoms in total. The third-order valence-corrected chi connectivity index (χ3v) is 2.22. The van der Waals surface area contributed by atoms with Gasteiger partial charge in [0.05, 0.1) is 0 Å². The summed E-state index contributed by atoms with van der Waals surface area (Å²) in [5.74, 6) is 0. The summed E-state index contributed by atoms with van der Waals surface area (Å²) < 4.78 is 2.03. The van der Waals surface area contributed by atoms with Crippen LogP contribution in [0.25, 0.3) is 5.32 Å². The van der Waals surface area contributed by atoms with Crippen molar-refractivity contribution in [3.63, 3.8) is 0 Å². The van der Waals surface area contributed by atoms with Crippen molar-refractivity contribution in [2.24, 2.45) is 0 Å². The van der Waals surface area contributed by atoms with Crippen molar-refractivity contribution in [1.29, 1.82) is 0 Å². The maximum absolute atomic E-state index is 4.47. The molecule has 0 spiro atoms. The summed E-state index contributed by atoms with van der Waals surface area (Å²) in [6, 6.07) is 0.468. The number of aromatic nitrogens is 2. The molecule has 0 amide bonds. The van der Waals surface area contributed by atoms with Crippen molar-refractivity contribution in [3.8, 4) is 0 Å². The molecule has 0 radical (unpaired) electrons. The summed E-state index contributed by atoms with van der Waals surface area (Å²) in [7, 11) is 0. The quantitative estimate of drug-likeness (QED) is 0.533. The van der Waals surface area contributed by atoms with Crippen molar-refractivity contribution >= 4 is 0 Å². The van der Waals surface area contributed by atoms with Gasteiger partial charge in [-0.2, -0.15) is 5.10 Å². The van der Waals surface area contributed by atoms with Gasteiger partial charge in [-0.15, -0.1) is 13.1 Å². The van der Waals surface area contributed by atoms with E-state index < -0.39 is 0 Å². The zero-order chi connectivity index (χ0) is 8.55. The van der Waals surface area contributed by atoms with E-state index in [4.69, 9.17) is 0 Å². The smallest absolute Gasteiger partial charge is 0.657 e. The molecular weight excluding hydrogens is 189 g/mol. The van der Waals surface area contributed by atoms with Crippen molar-refractivity contribution in [3.05, 3.63) is 22.8 Å². The minimum Gasteiger partial charge on any atom is -0.657 e. The molecule has 0 saturated carbocycles. The van der Waals surface area contributed by atoms with Crippen LogP contribution in [0, 0.1) is 0 Å². The molecule has 0 fully saturated rings. The van der Waals surface area contributed by atoms with Gasteiger partial charge in [-0.1, -0.05) is 0 Å². The van der Waals surface area contributed by atoms with Crippen molar-refractivity contribution in [2.45, 2.75) is 32.9 Å². The molecule has 1 aliphatic rings. The van der Waals surface area contributed by atoms with Crippen molar-refractivity contribution in [2.75, 3.05) is 6.54 Å². The van der Waals surface area contributed by atoms with E-state index in [1.165, 1.54) is 11.3 Å². The van der Waals surface area contributed by atoms with Gasteiger partial charge in [-0.05, 0) is 25.8 Å². The Kier molecular flexibility index (Phi) is 4.61. The van der Waals surface area contributed by atoms with Crippen LogP contribution in [0.5, 0.6) is 0 Å². The maximum Gasteiger partial charge on any atom is 1.00 e. The summed E-state index contributed by atoms with van der Waals surface area (Å²) in [5.41, 5.74) is 2.56. The topological polar surface area (TPSA) is 31.9 Å². The minimum absolute atomic E-state index is 0. The van der Waals surface area contributed by atoms with E-state index in [9.17, 15) is 0 Å². The van der Waals surface area contributed by atoms with Gasteiger partial charge < -0.3 is 5.32 Å². The molecule has 1 aromatic heterocycles. The maximum atomic E-state index is 4.47. The monoisotopic (exact) mass is 203 g/mol. The van der Waals surface area contributed by atoms with E-state index in [1.807, 2.05) is 4.68 Å². The first-order valence-corrected chi connectivity index (χ1v) is 4.47. The zero-order valence-electron chi connectivity index (χ0n) is 8.62. The molecule has 2 rings (SSSR count). The summed E-state index contributed by atoms with van der Waals surface area (Å²) >= 11 is 0. The van der Waals surface area contributed by atoms with E-state index in [-0.39, 0.29) is 51.4 Å². The normalized spacial score (nSPS) is 15.3. The fourth-order valence-corrected chi connectivity index (χ4v) is 1.46. The molecule has 0 aliphatic carbocycles. The Morgan fingerprint density at radius 3 is 2.92 bits per heavy atom. The predicted molar refractivity (Wildman–Crippen MR) is 48.2 cm³/mol. The van der Waals surface area contributed by atoms with Gasteiger partial charge in [-0.25, -0.2) is 0 Å². The Morgan fingerprint density at radius 2 is 2.31 bits per heavy atom. The molecule has 1 aliphatic heterocycles. The van der Waals surface area contributed by atoms with Crippen LogP contribution in [-0.2, 0) is 13.0 Å². The summed E-state index contributed by atoms with van der Waals surface area (Å²) in [5, 5.41) is 8.79. The van der Waals surface area contributed by atoms with E-state index in [0.717, 1.165) is 19.5 Å². The first-order valence-electron chi connectivity index (χ1n) is 4.47. The number of fused-ring (bicyclic) bond motifs is 1. The van der Waals surface area contributed by atoms with Crippen LogP contribution in [0.2, 0.25) is 0 Å². The van der Waals surface area contributed by atoms with Crippen molar-refractivity contribution in [1.82, 2.24) is 9.78 Å². The second kappa shape index (κ2) is 5.05. The molecule has 0 bridgehead atoms. The third kappa shape index (κ3) is 2.64. The summed E-state index contributed by atoms with van der Waals surface area (Å²) in [6.45, 7) is 6.08. The van der Waals surface area contributed by atoms with E-state index >= 15 is 0 Å². The third-order valence-electron chi connectivity index (χ3n) is 2.22. The van der Waals surface area contributed by atoms with Gasteiger partial charge in [0.15, 0.2) is 0 Å². The summed E-state index contributed by atoms with van der Waals surface area (Å²) in [6.07, 6.45) is 3.23. The van der Waals surface area contributed by atoms with Crippen LogP contribution >= 0.6 is 0 Å². The van der Waals surface area contributed by atoms with Crippen LogP contribution in [-0.4, -0.2) is 16.3 Å². The number of rotatable bonds is 1. The van der Waals surface area contributed by atoms with Crippen LogP contribution < -0.4 is 51.4 Å². The SMILES string of the molecule is CC(C)n1cc2c(n1)C[N-]CC2.[K+]. The van der Waals surface area contributed by atoms with Crippen LogP contribution in [0.3, 0.4) is 0 Å². The number of hydrogen-bond acceptors (Lipinski definition) is 1. The standard InChI is InChI=1S/C9H14N3.K/c1-7(2)12-6-8-3-4-10-5-9(8)11-12;/h6-7H,3-5H2,1-2H3;/q-1;+1. The molecule has 4 heteroatoms. The second-order valence-corrected chi connectivity index (χ2v) is 3.53. The Balaban J connectivity index is 0.000000845. The Bertz CT molecular complexity index is 257. The molecular formula is C9H14KN3. The number of hydrogen-bond donors (Lipinski definition) is 0. The predicted octanol–water partition coefficient (Wildman–Crippen LogP) is -1.10. The van der Waals surface area contributed by atoms with Crippen LogP contribution in [0.4, 0.5) is 0 Å². The molecule has 1 aromatic rings. The van der Waals surface area contributed by atoms with Gasteiger partial charge in [0, 0.05) is 17.9 Å². The van der Waals surface area contributed by atoms with Gasteiger partial charge in [-0.3, -0.25) is 4.68 Å². The molecule has 2 heterocycles. The van der Waals surface area contributed by atoms with Gasteiger partial charge in [0.1, 0.15) is 0 Å². The van der Waals surface area contributed by atoms with Crippen LogP contribution in [0.1, 0.15) is 31.1 Å². The van der Waals surface area contributed by atoms with E-state index in [0.29, 0.717) is 6.04 Å². The Morgan fingerprint density at radius 1 is 1.54 bits per heavy atom. The average Bonchev–Trinajstić information content (AvgIpc) is 2.46. The van der Waals surface area contributed by atoms with Gasteiger partial charge in [0.25, 0.3) is 0 Å². The summed E-state index contributed by atoms with van der Waals surface area (Å²) in [4.78, 5) is 0. The molecule has 0 N–H and O–H groups in total. The van der Waals surface area contributed by atoms with E-state index in [1.54, 1.807) is 0 Å². The van der Waals surface area contributed by atoms with Crippen LogP contribution in [0.15, 0.2) is 6.20 Å². The average molecular weight is 203 g/mol. The fourth-order valence-electron chi connectivity index (χ4n) is 1.46. The van der Waals surface area contributed by atoms with Gasteiger partial charge >= 0.3 is 51.4 Å².